The van der Waals surface area contributed by atoms with Gasteiger partial charge in [0.1, 0.15) is 0 Å². The summed E-state index contributed by atoms with van der Waals surface area (Å²) in [5.74, 6) is 0.106. The smallest absolute Gasteiger partial charge is 0.255 e. The monoisotopic (exact) mass is 427 g/mol. The largest absolute Gasteiger partial charge is 0.329 e. The highest BCUT2D eigenvalue weighted by molar-refractivity contribution is 6.05. The Morgan fingerprint density at radius 2 is 1.69 bits per heavy atom. The number of rotatable bonds is 6. The van der Waals surface area contributed by atoms with Gasteiger partial charge in [-0.3, -0.25) is 9.78 Å². The van der Waals surface area contributed by atoms with Gasteiger partial charge in [-0.15, -0.1) is 0 Å². The maximum absolute atomic E-state index is 13.9. The fourth-order valence-corrected chi connectivity index (χ4v) is 3.96. The van der Waals surface area contributed by atoms with E-state index < -0.39 is 0 Å². The first-order chi connectivity index (χ1) is 15.4. The van der Waals surface area contributed by atoms with Crippen molar-refractivity contribution in [3.05, 3.63) is 89.5 Å². The lowest BCUT2D eigenvalue weighted by molar-refractivity contribution is 0.0754. The van der Waals surface area contributed by atoms with Crippen molar-refractivity contribution < 1.29 is 4.79 Å². The van der Waals surface area contributed by atoms with Crippen molar-refractivity contribution >= 4 is 16.9 Å². The van der Waals surface area contributed by atoms with Gasteiger partial charge in [-0.25, -0.2) is 9.67 Å². The maximum Gasteiger partial charge on any atom is 0.255 e. The first-order valence-electron chi connectivity index (χ1n) is 11.0. The van der Waals surface area contributed by atoms with E-state index in [0.29, 0.717) is 5.56 Å². The molecule has 3 aromatic heterocycles. The van der Waals surface area contributed by atoms with Crippen molar-refractivity contribution in [3.8, 4) is 0 Å². The average molecular weight is 428 g/mol. The summed E-state index contributed by atoms with van der Waals surface area (Å²) in [5.41, 5.74) is 4.07. The zero-order valence-corrected chi connectivity index (χ0v) is 19.2. The van der Waals surface area contributed by atoms with Gasteiger partial charge in [-0.2, -0.15) is 5.10 Å². The van der Waals surface area contributed by atoms with Crippen molar-refractivity contribution in [1.82, 2.24) is 24.6 Å². The molecule has 0 saturated heterocycles. The summed E-state index contributed by atoms with van der Waals surface area (Å²) in [5, 5.41) is 5.30. The second-order valence-corrected chi connectivity index (χ2v) is 8.65. The predicted octanol–water partition coefficient (Wildman–Crippen LogP) is 5.39. The first-order valence-corrected chi connectivity index (χ1v) is 11.0. The van der Waals surface area contributed by atoms with Gasteiger partial charge in [0.2, 0.25) is 0 Å². The number of amides is 1. The number of hydrogen-bond donors (Lipinski definition) is 0. The summed E-state index contributed by atoms with van der Waals surface area (Å²) in [6.07, 6.45) is 3.52. The molecule has 0 aliphatic rings. The summed E-state index contributed by atoms with van der Waals surface area (Å²) in [6, 6.07) is 17.5. The second-order valence-electron chi connectivity index (χ2n) is 8.65. The van der Waals surface area contributed by atoms with E-state index in [1.807, 2.05) is 66.3 Å². The van der Waals surface area contributed by atoms with Gasteiger partial charge >= 0.3 is 0 Å². The van der Waals surface area contributed by atoms with Crippen LogP contribution in [0.15, 0.2) is 67.0 Å². The molecule has 0 N–H and O–H groups in total. The van der Waals surface area contributed by atoms with E-state index in [1.54, 1.807) is 17.3 Å². The number of benzene rings is 1. The van der Waals surface area contributed by atoms with Gasteiger partial charge in [0, 0.05) is 25.0 Å². The standard InChI is InChI=1S/C26H29N5O/c1-17(2)23-15-20(21-16-28-31(18(3)4)25(21)29-23)26(32)30(5)24(19-11-7-6-8-12-19)22-13-9-10-14-27-22/h6-18,24H,1-5H3/t24-/m0/s1. The summed E-state index contributed by atoms with van der Waals surface area (Å²) < 4.78 is 1.88. The lowest BCUT2D eigenvalue weighted by atomic mass is 9.99. The van der Waals surface area contributed by atoms with Crippen molar-refractivity contribution in [2.45, 2.75) is 45.7 Å². The Balaban J connectivity index is 1.85. The van der Waals surface area contributed by atoms with Gasteiger partial charge in [0.25, 0.3) is 5.91 Å². The third kappa shape index (κ3) is 4.00. The quantitative estimate of drug-likeness (QED) is 0.414. The molecule has 0 radical (unpaired) electrons. The van der Waals surface area contributed by atoms with Gasteiger partial charge in [0.15, 0.2) is 5.65 Å². The molecule has 0 spiro atoms. The zero-order valence-electron chi connectivity index (χ0n) is 19.2. The van der Waals surface area contributed by atoms with Crippen LogP contribution in [0.5, 0.6) is 0 Å². The normalized spacial score (nSPS) is 12.5. The molecule has 1 amide bonds. The van der Waals surface area contributed by atoms with Gasteiger partial charge in [0.05, 0.1) is 28.9 Å². The Labute approximate surface area is 188 Å². The van der Waals surface area contributed by atoms with E-state index >= 15 is 0 Å². The number of aromatic nitrogens is 4. The summed E-state index contributed by atoms with van der Waals surface area (Å²) in [6.45, 7) is 8.30. The highest BCUT2D eigenvalue weighted by Gasteiger charge is 2.28. The van der Waals surface area contributed by atoms with E-state index in [4.69, 9.17) is 4.98 Å². The Hall–Kier alpha value is -3.54. The van der Waals surface area contributed by atoms with Crippen LogP contribution in [0.2, 0.25) is 0 Å². The molecule has 4 aromatic rings. The minimum atomic E-state index is -0.309. The van der Waals surface area contributed by atoms with Crippen molar-refractivity contribution in [3.63, 3.8) is 0 Å². The Bertz CT molecular complexity index is 1180. The second kappa shape index (κ2) is 8.91. The van der Waals surface area contributed by atoms with E-state index in [1.165, 1.54) is 0 Å². The minimum Gasteiger partial charge on any atom is -0.329 e. The minimum absolute atomic E-state index is 0.0814. The number of hydrogen-bond acceptors (Lipinski definition) is 4. The first kappa shape index (κ1) is 21.7. The molecule has 32 heavy (non-hydrogen) atoms. The third-order valence-electron chi connectivity index (χ3n) is 5.69. The number of fused-ring (bicyclic) bond motifs is 1. The molecule has 4 rings (SSSR count). The molecule has 1 atom stereocenters. The van der Waals surface area contributed by atoms with Crippen LogP contribution < -0.4 is 0 Å². The Morgan fingerprint density at radius 3 is 2.31 bits per heavy atom. The molecule has 0 aliphatic heterocycles. The number of carbonyl (C=O) groups is 1. The highest BCUT2D eigenvalue weighted by atomic mass is 16.2. The molecule has 0 unspecified atom stereocenters. The maximum atomic E-state index is 13.9. The van der Waals surface area contributed by atoms with E-state index in [-0.39, 0.29) is 23.9 Å². The van der Waals surface area contributed by atoms with E-state index in [9.17, 15) is 4.79 Å². The average Bonchev–Trinajstić information content (AvgIpc) is 3.24. The summed E-state index contributed by atoms with van der Waals surface area (Å²) in [4.78, 5) is 25.1. The fraction of sp³-hybridized carbons (Fsp3) is 0.308. The van der Waals surface area contributed by atoms with Crippen molar-refractivity contribution in [2.24, 2.45) is 0 Å². The molecular formula is C26H29N5O. The summed E-state index contributed by atoms with van der Waals surface area (Å²) >= 11 is 0. The zero-order chi connectivity index (χ0) is 22.8. The molecule has 0 aliphatic carbocycles. The molecule has 6 nitrogen and oxygen atoms in total. The lowest BCUT2D eigenvalue weighted by Crippen LogP contribution is -2.32. The number of nitrogens with zero attached hydrogens (tertiary/aromatic N) is 5. The number of carbonyl (C=O) groups excluding carboxylic acids is 1. The van der Waals surface area contributed by atoms with Gasteiger partial charge < -0.3 is 4.90 Å². The van der Waals surface area contributed by atoms with E-state index in [2.05, 4.69) is 37.8 Å². The van der Waals surface area contributed by atoms with Crippen molar-refractivity contribution in [1.29, 1.82) is 0 Å². The molecule has 0 saturated carbocycles. The van der Waals surface area contributed by atoms with Crippen LogP contribution in [0.4, 0.5) is 0 Å². The highest BCUT2D eigenvalue weighted by Crippen LogP contribution is 2.30. The van der Waals surface area contributed by atoms with Crippen LogP contribution in [0.3, 0.4) is 0 Å². The molecule has 0 bridgehead atoms. The molecule has 1 aromatic carbocycles. The van der Waals surface area contributed by atoms with Crippen LogP contribution in [0.25, 0.3) is 11.0 Å². The number of pyridine rings is 2. The molecule has 164 valence electrons. The molecule has 0 fully saturated rings. The van der Waals surface area contributed by atoms with Crippen LogP contribution in [-0.2, 0) is 0 Å². The van der Waals surface area contributed by atoms with Crippen LogP contribution in [0, 0.1) is 0 Å². The van der Waals surface area contributed by atoms with E-state index in [0.717, 1.165) is 28.0 Å². The molecular weight excluding hydrogens is 398 g/mol. The fourth-order valence-electron chi connectivity index (χ4n) is 3.96. The van der Waals surface area contributed by atoms with Crippen LogP contribution in [0.1, 0.15) is 73.0 Å². The van der Waals surface area contributed by atoms with Crippen molar-refractivity contribution in [2.75, 3.05) is 7.05 Å². The topological polar surface area (TPSA) is 63.9 Å². The Morgan fingerprint density at radius 1 is 0.969 bits per heavy atom. The Kier molecular flexibility index (Phi) is 6.04. The van der Waals surface area contributed by atoms with Crippen LogP contribution in [-0.4, -0.2) is 37.6 Å². The lowest BCUT2D eigenvalue weighted by Gasteiger charge is -2.29. The summed E-state index contributed by atoms with van der Waals surface area (Å²) in [7, 11) is 1.84. The molecule has 3 heterocycles. The van der Waals surface area contributed by atoms with Crippen LogP contribution >= 0.6 is 0 Å². The molecule has 6 heteroatoms. The van der Waals surface area contributed by atoms with Gasteiger partial charge in [-0.1, -0.05) is 50.2 Å². The predicted molar refractivity (Wildman–Crippen MR) is 127 cm³/mol. The van der Waals surface area contributed by atoms with Gasteiger partial charge in [-0.05, 0) is 43.5 Å². The third-order valence-corrected chi connectivity index (χ3v) is 5.69. The SMILES string of the molecule is CC(C)c1cc(C(=O)N(C)[C@@H](c2ccccc2)c2ccccn2)c2cnn(C(C)C)c2n1.